The summed E-state index contributed by atoms with van der Waals surface area (Å²) in [6.45, 7) is 3.26. The highest BCUT2D eigenvalue weighted by atomic mass is 16.6. The molecule has 8 heteroatoms. The van der Waals surface area contributed by atoms with Crippen molar-refractivity contribution >= 4 is 17.9 Å². The summed E-state index contributed by atoms with van der Waals surface area (Å²) >= 11 is 0. The molecule has 8 nitrogen and oxygen atoms in total. The fourth-order valence-corrected chi connectivity index (χ4v) is 1.54. The number of carbonyl (C=O) groups is 3. The van der Waals surface area contributed by atoms with Gasteiger partial charge in [-0.15, -0.1) is 0 Å². The van der Waals surface area contributed by atoms with Crippen LogP contribution in [0.5, 0.6) is 11.5 Å². The molecule has 0 unspecified atom stereocenters. The quantitative estimate of drug-likeness (QED) is 0.721. The zero-order valence-electron chi connectivity index (χ0n) is 13.3. The monoisotopic (exact) mass is 324 g/mol. The van der Waals surface area contributed by atoms with Crippen LogP contribution in [0, 0.1) is 0 Å². The van der Waals surface area contributed by atoms with E-state index in [1.807, 2.05) is 12.2 Å². The van der Waals surface area contributed by atoms with E-state index >= 15 is 0 Å². The molecule has 0 bridgehead atoms. The molecule has 1 rings (SSSR count). The van der Waals surface area contributed by atoms with E-state index < -0.39 is 24.0 Å². The Bertz CT molecular complexity index is 561. The second-order valence-electron chi connectivity index (χ2n) is 4.37. The van der Waals surface area contributed by atoms with Crippen molar-refractivity contribution in [1.82, 2.24) is 10.6 Å². The minimum atomic E-state index is -1.12. The van der Waals surface area contributed by atoms with Crippen LogP contribution >= 0.6 is 0 Å². The van der Waals surface area contributed by atoms with Crippen molar-refractivity contribution < 1.29 is 28.6 Å². The maximum Gasteiger partial charge on any atom is 0.344 e. The summed E-state index contributed by atoms with van der Waals surface area (Å²) < 4.78 is 15.6. The molecule has 0 saturated heterocycles. The fourth-order valence-electron chi connectivity index (χ4n) is 1.54. The first-order chi connectivity index (χ1) is 11.0. The van der Waals surface area contributed by atoms with Crippen molar-refractivity contribution in [2.45, 2.75) is 20.0 Å². The Morgan fingerprint density at radius 1 is 1.13 bits per heavy atom. The van der Waals surface area contributed by atoms with Gasteiger partial charge >= 0.3 is 12.0 Å². The van der Waals surface area contributed by atoms with Crippen molar-refractivity contribution in [3.05, 3.63) is 24.3 Å². The number of amides is 3. The molecule has 0 spiro atoms. The molecule has 0 aliphatic rings. The highest BCUT2D eigenvalue weighted by molar-refractivity contribution is 5.97. The van der Waals surface area contributed by atoms with Crippen molar-refractivity contribution in [1.29, 1.82) is 0 Å². The van der Waals surface area contributed by atoms with Crippen LogP contribution in [-0.2, 0) is 14.3 Å². The van der Waals surface area contributed by atoms with Gasteiger partial charge < -0.3 is 19.5 Å². The largest absolute Gasteiger partial charge is 0.490 e. The van der Waals surface area contributed by atoms with Crippen LogP contribution < -0.4 is 20.1 Å². The molecule has 2 N–H and O–H groups in total. The van der Waals surface area contributed by atoms with E-state index in [4.69, 9.17) is 14.2 Å². The second kappa shape index (κ2) is 9.29. The SMILES string of the molecule is CCOc1ccccc1OCC(=O)O[C@@H](C)C(=O)NC(=O)NC. The molecule has 1 aromatic carbocycles. The third-order valence-electron chi connectivity index (χ3n) is 2.64. The topological polar surface area (TPSA) is 103 Å². The van der Waals surface area contributed by atoms with E-state index in [0.29, 0.717) is 18.1 Å². The van der Waals surface area contributed by atoms with Gasteiger partial charge in [0, 0.05) is 7.05 Å². The Morgan fingerprint density at radius 3 is 2.30 bits per heavy atom. The van der Waals surface area contributed by atoms with Crippen molar-refractivity contribution in [3.63, 3.8) is 0 Å². The molecule has 0 heterocycles. The first-order valence-corrected chi connectivity index (χ1v) is 7.04. The third-order valence-corrected chi connectivity index (χ3v) is 2.64. The Hall–Kier alpha value is -2.77. The number of ether oxygens (including phenoxy) is 3. The van der Waals surface area contributed by atoms with Gasteiger partial charge in [-0.1, -0.05) is 12.1 Å². The molecule has 0 aromatic heterocycles. The molecule has 23 heavy (non-hydrogen) atoms. The van der Waals surface area contributed by atoms with Crippen molar-refractivity contribution in [2.24, 2.45) is 0 Å². The van der Waals surface area contributed by atoms with Crippen molar-refractivity contribution in [2.75, 3.05) is 20.3 Å². The van der Waals surface area contributed by atoms with E-state index in [1.54, 1.807) is 24.3 Å². The Kier molecular flexibility index (Phi) is 7.38. The lowest BCUT2D eigenvalue weighted by molar-refractivity contribution is -0.156. The first kappa shape index (κ1) is 18.3. The van der Waals surface area contributed by atoms with Gasteiger partial charge in [0.15, 0.2) is 24.2 Å². The smallest absolute Gasteiger partial charge is 0.344 e. The molecule has 126 valence electrons. The van der Waals surface area contributed by atoms with Crippen LogP contribution in [0.15, 0.2) is 24.3 Å². The predicted molar refractivity (Wildman–Crippen MR) is 81.3 cm³/mol. The summed E-state index contributed by atoms with van der Waals surface area (Å²) in [5, 5.41) is 4.23. The van der Waals surface area contributed by atoms with E-state index in [9.17, 15) is 14.4 Å². The molecule has 0 aliphatic heterocycles. The van der Waals surface area contributed by atoms with E-state index in [-0.39, 0.29) is 6.61 Å². The van der Waals surface area contributed by atoms with Gasteiger partial charge in [0.1, 0.15) is 0 Å². The normalized spacial score (nSPS) is 11.1. The number of nitrogens with one attached hydrogen (secondary N) is 2. The highest BCUT2D eigenvalue weighted by Crippen LogP contribution is 2.26. The number of benzene rings is 1. The number of hydrogen-bond acceptors (Lipinski definition) is 6. The lowest BCUT2D eigenvalue weighted by Crippen LogP contribution is -2.43. The second-order valence-corrected chi connectivity index (χ2v) is 4.37. The highest BCUT2D eigenvalue weighted by Gasteiger charge is 2.20. The number of hydrogen-bond donors (Lipinski definition) is 2. The average molecular weight is 324 g/mol. The summed E-state index contributed by atoms with van der Waals surface area (Å²) in [7, 11) is 1.36. The number of carbonyl (C=O) groups excluding carboxylic acids is 3. The summed E-state index contributed by atoms with van der Waals surface area (Å²) in [4.78, 5) is 34.2. The Labute approximate surface area is 134 Å². The van der Waals surface area contributed by atoms with Gasteiger partial charge in [0.05, 0.1) is 6.61 Å². The molecule has 1 atom stereocenters. The maximum absolute atomic E-state index is 11.7. The minimum Gasteiger partial charge on any atom is -0.490 e. The van der Waals surface area contributed by atoms with Gasteiger partial charge in [-0.05, 0) is 26.0 Å². The number of urea groups is 1. The predicted octanol–water partition coefficient (Wildman–Crippen LogP) is 0.851. The third kappa shape index (κ3) is 6.25. The van der Waals surface area contributed by atoms with Crippen LogP contribution in [0.4, 0.5) is 4.79 Å². The molecule has 0 saturated carbocycles. The Balaban J connectivity index is 2.48. The minimum absolute atomic E-state index is 0.387. The number of imide groups is 1. The van der Waals surface area contributed by atoms with Crippen LogP contribution in [0.2, 0.25) is 0 Å². The summed E-state index contributed by atoms with van der Waals surface area (Å²) in [6, 6.07) is 6.20. The van der Waals surface area contributed by atoms with Crippen LogP contribution in [-0.4, -0.2) is 44.3 Å². The van der Waals surface area contributed by atoms with Gasteiger partial charge in [-0.3, -0.25) is 10.1 Å². The van der Waals surface area contributed by atoms with Gasteiger partial charge in [0.25, 0.3) is 5.91 Å². The van der Waals surface area contributed by atoms with Gasteiger partial charge in [-0.2, -0.15) is 0 Å². The first-order valence-electron chi connectivity index (χ1n) is 7.04. The number of para-hydroxylation sites is 2. The lowest BCUT2D eigenvalue weighted by atomic mass is 10.3. The standard InChI is InChI=1S/C15H20N2O6/c1-4-21-11-7-5-6-8-12(11)22-9-13(18)23-10(2)14(19)17-15(20)16-3/h5-8,10H,4,9H2,1-3H3,(H2,16,17,19,20)/t10-/m0/s1. The van der Waals surface area contributed by atoms with Crippen molar-refractivity contribution in [3.8, 4) is 11.5 Å². The van der Waals surface area contributed by atoms with Crippen LogP contribution in [0.25, 0.3) is 0 Å². The summed E-state index contributed by atoms with van der Waals surface area (Å²) in [5.74, 6) is -0.565. The van der Waals surface area contributed by atoms with Crippen LogP contribution in [0.1, 0.15) is 13.8 Å². The van der Waals surface area contributed by atoms with Gasteiger partial charge in [-0.25, -0.2) is 9.59 Å². The average Bonchev–Trinajstić information content (AvgIpc) is 2.54. The zero-order chi connectivity index (χ0) is 17.2. The molecule has 0 radical (unpaired) electrons. The zero-order valence-corrected chi connectivity index (χ0v) is 13.3. The summed E-state index contributed by atoms with van der Waals surface area (Å²) in [6.07, 6.45) is -1.12. The van der Waals surface area contributed by atoms with E-state index in [2.05, 4.69) is 5.32 Å². The van der Waals surface area contributed by atoms with Crippen LogP contribution in [0.3, 0.4) is 0 Å². The molecule has 0 fully saturated rings. The van der Waals surface area contributed by atoms with E-state index in [1.165, 1.54) is 14.0 Å². The molecule has 0 aliphatic carbocycles. The molecule has 1 aromatic rings. The van der Waals surface area contributed by atoms with Gasteiger partial charge in [0.2, 0.25) is 0 Å². The molecule has 3 amide bonds. The summed E-state index contributed by atoms with van der Waals surface area (Å²) in [5.41, 5.74) is 0. The fraction of sp³-hybridized carbons (Fsp3) is 0.400. The number of esters is 1. The molecular formula is C15H20N2O6. The lowest BCUT2D eigenvalue weighted by Gasteiger charge is -2.14. The Morgan fingerprint density at radius 2 is 1.74 bits per heavy atom. The number of rotatable bonds is 7. The van der Waals surface area contributed by atoms with E-state index in [0.717, 1.165) is 0 Å². The molecular weight excluding hydrogens is 304 g/mol. The maximum atomic E-state index is 11.7.